The lowest BCUT2D eigenvalue weighted by Crippen LogP contribution is -2.45. The number of nitrogens with zero attached hydrogens (tertiary/aromatic N) is 2. The van der Waals surface area contributed by atoms with Crippen LogP contribution in [-0.2, 0) is 4.79 Å². The van der Waals surface area contributed by atoms with Crippen molar-refractivity contribution in [3.63, 3.8) is 0 Å². The number of halogens is 3. The Morgan fingerprint density at radius 3 is 2.75 bits per heavy atom. The van der Waals surface area contributed by atoms with E-state index >= 15 is 0 Å². The molecule has 1 aliphatic heterocycles. The molecule has 0 spiro atoms. The lowest BCUT2D eigenvalue weighted by Gasteiger charge is -2.33. The number of allylic oxidation sites excluding steroid dienone is 1. The summed E-state index contributed by atoms with van der Waals surface area (Å²) in [5, 5.41) is 11.9. The largest absolute Gasteiger partial charge is 0.394 e. The fourth-order valence-corrected chi connectivity index (χ4v) is 5.27. The number of amides is 1. The maximum atomic E-state index is 13.8. The van der Waals surface area contributed by atoms with E-state index in [1.165, 1.54) is 11.8 Å². The van der Waals surface area contributed by atoms with Gasteiger partial charge in [0, 0.05) is 36.0 Å². The number of rotatable bonds is 10. The van der Waals surface area contributed by atoms with Gasteiger partial charge >= 0.3 is 0 Å². The van der Waals surface area contributed by atoms with Crippen molar-refractivity contribution < 1.29 is 13.6 Å². The quantitative estimate of drug-likeness (QED) is 0.215. The summed E-state index contributed by atoms with van der Waals surface area (Å²) in [5.41, 5.74) is 7.51. The molecule has 0 radical (unpaired) electrons. The summed E-state index contributed by atoms with van der Waals surface area (Å²) in [6.07, 6.45) is 8.72. The van der Waals surface area contributed by atoms with Crippen molar-refractivity contribution in [1.29, 1.82) is 5.41 Å². The highest BCUT2D eigenvalue weighted by atomic mass is 35.5. The fraction of sp³-hybridized carbons (Fsp3) is 0.577. The number of alkyl halides is 2. The van der Waals surface area contributed by atoms with E-state index < -0.39 is 17.9 Å². The second kappa shape index (κ2) is 13.5. The number of aliphatic imine (C=N–C) groups is 1. The van der Waals surface area contributed by atoms with Crippen molar-refractivity contribution in [3.8, 4) is 0 Å². The average molecular weight is 540 g/mol. The molecule has 1 heterocycles. The van der Waals surface area contributed by atoms with Gasteiger partial charge in [-0.1, -0.05) is 42.6 Å². The third-order valence-corrected chi connectivity index (χ3v) is 7.62. The highest BCUT2D eigenvalue weighted by Gasteiger charge is 2.35. The number of nitrogens with two attached hydrogens (primary N) is 1. The summed E-state index contributed by atoms with van der Waals surface area (Å²) in [6.45, 7) is 0.755. The third kappa shape index (κ3) is 8.85. The molecule has 2 aliphatic rings. The van der Waals surface area contributed by atoms with Gasteiger partial charge in [-0.05, 0) is 50.6 Å². The molecule has 6 nitrogen and oxygen atoms in total. The van der Waals surface area contributed by atoms with Gasteiger partial charge in [-0.15, -0.1) is 11.8 Å². The molecule has 1 aromatic rings. The van der Waals surface area contributed by atoms with E-state index in [0.717, 1.165) is 25.7 Å². The van der Waals surface area contributed by atoms with Crippen LogP contribution in [-0.4, -0.2) is 65.5 Å². The Morgan fingerprint density at radius 1 is 1.36 bits per heavy atom. The molecule has 4 N–H and O–H groups in total. The number of hydrogen-bond acceptors (Lipinski definition) is 6. The molecule has 1 aliphatic carbocycles. The van der Waals surface area contributed by atoms with Crippen LogP contribution in [0.25, 0.3) is 0 Å². The number of nitrogens with one attached hydrogen (secondary N) is 2. The van der Waals surface area contributed by atoms with E-state index in [1.54, 1.807) is 23.3 Å². The second-order valence-corrected chi connectivity index (χ2v) is 10.9. The smallest absolute Gasteiger partial charge is 0.267 e. The fourth-order valence-electron chi connectivity index (χ4n) is 4.67. The zero-order valence-electron chi connectivity index (χ0n) is 20.7. The normalized spacial score (nSPS) is 20.3. The standard InChI is InChI=1S/C26H36ClF2N5OS/c1-36-24(31)15-19(11-14-34-13-6-12-26(28,29)17-34)33-25(35)22(30)16-23(32-18-7-2-3-8-18)20-9-4-5-10-21(20)27/h4-5,9-10,16,18-19,31H,2-3,6-8,11-15,17,30H2,1H3,(H,33,35). The van der Waals surface area contributed by atoms with Gasteiger partial charge < -0.3 is 11.1 Å². The van der Waals surface area contributed by atoms with E-state index in [1.807, 2.05) is 18.2 Å². The summed E-state index contributed by atoms with van der Waals surface area (Å²) in [7, 11) is 0. The first kappa shape index (κ1) is 28.6. The van der Waals surface area contributed by atoms with Gasteiger partial charge in [0.05, 0.1) is 29.0 Å². The van der Waals surface area contributed by atoms with Crippen molar-refractivity contribution in [2.45, 2.75) is 69.4 Å². The molecular weight excluding hydrogens is 504 g/mol. The average Bonchev–Trinajstić information content (AvgIpc) is 3.35. The lowest BCUT2D eigenvalue weighted by atomic mass is 10.0. The van der Waals surface area contributed by atoms with Crippen LogP contribution in [0.4, 0.5) is 8.78 Å². The predicted octanol–water partition coefficient (Wildman–Crippen LogP) is 5.25. The van der Waals surface area contributed by atoms with Crippen LogP contribution in [0.2, 0.25) is 5.02 Å². The minimum Gasteiger partial charge on any atom is -0.394 e. The highest BCUT2D eigenvalue weighted by Crippen LogP contribution is 2.27. The molecular formula is C26H36ClF2N5OS. The summed E-state index contributed by atoms with van der Waals surface area (Å²) >= 11 is 7.72. The van der Waals surface area contributed by atoms with E-state index in [4.69, 9.17) is 27.7 Å². The Labute approximate surface area is 221 Å². The molecule has 0 bridgehead atoms. The zero-order valence-corrected chi connectivity index (χ0v) is 22.3. The molecule has 1 amide bonds. The topological polar surface area (TPSA) is 94.6 Å². The van der Waals surface area contributed by atoms with Crippen LogP contribution in [0.1, 0.15) is 56.9 Å². The highest BCUT2D eigenvalue weighted by molar-refractivity contribution is 8.13. The van der Waals surface area contributed by atoms with Crippen LogP contribution >= 0.6 is 23.4 Å². The predicted molar refractivity (Wildman–Crippen MR) is 146 cm³/mol. The van der Waals surface area contributed by atoms with E-state index in [2.05, 4.69) is 5.32 Å². The van der Waals surface area contributed by atoms with Crippen molar-refractivity contribution in [3.05, 3.63) is 46.6 Å². The van der Waals surface area contributed by atoms with Crippen LogP contribution in [0.15, 0.2) is 41.0 Å². The Morgan fingerprint density at radius 2 is 2.08 bits per heavy atom. The van der Waals surface area contributed by atoms with E-state index in [9.17, 15) is 13.6 Å². The SMILES string of the molecule is CSC(=N)CC(CCN1CCCC(F)(F)C1)NC(=O)C(N)=CC(=NC1CCCC1)c1ccccc1Cl. The van der Waals surface area contributed by atoms with Gasteiger partial charge in [0.25, 0.3) is 11.8 Å². The summed E-state index contributed by atoms with van der Waals surface area (Å²) in [6, 6.07) is 7.11. The van der Waals surface area contributed by atoms with Gasteiger partial charge in [0.2, 0.25) is 0 Å². The van der Waals surface area contributed by atoms with E-state index in [0.29, 0.717) is 53.7 Å². The molecule has 1 saturated heterocycles. The summed E-state index contributed by atoms with van der Waals surface area (Å²) in [5.74, 6) is -3.15. The Kier molecular flexibility index (Phi) is 10.8. The Bertz CT molecular complexity index is 981. The number of carbonyl (C=O) groups excluding carboxylic acids is 1. The van der Waals surface area contributed by atoms with Crippen LogP contribution in [0.3, 0.4) is 0 Å². The van der Waals surface area contributed by atoms with Crippen LogP contribution < -0.4 is 11.1 Å². The number of thioether (sulfide) groups is 1. The summed E-state index contributed by atoms with van der Waals surface area (Å²) < 4.78 is 27.6. The molecule has 1 unspecified atom stereocenters. The first-order chi connectivity index (χ1) is 17.2. The van der Waals surface area contributed by atoms with Crippen molar-refractivity contribution in [2.75, 3.05) is 25.9 Å². The van der Waals surface area contributed by atoms with Crippen molar-refractivity contribution in [1.82, 2.24) is 10.2 Å². The lowest BCUT2D eigenvalue weighted by molar-refractivity contribution is -0.118. The second-order valence-electron chi connectivity index (χ2n) is 9.56. The molecule has 0 aromatic heterocycles. The first-order valence-corrected chi connectivity index (χ1v) is 14.1. The maximum Gasteiger partial charge on any atom is 0.267 e. The number of benzene rings is 1. The molecule has 1 aromatic carbocycles. The number of likely N-dealkylation sites (tertiary alicyclic amines) is 1. The minimum atomic E-state index is -2.68. The first-order valence-electron chi connectivity index (χ1n) is 12.5. The maximum absolute atomic E-state index is 13.8. The van der Waals surface area contributed by atoms with Crippen molar-refractivity contribution in [2.24, 2.45) is 10.7 Å². The van der Waals surface area contributed by atoms with Gasteiger partial charge in [0.15, 0.2) is 0 Å². The van der Waals surface area contributed by atoms with Gasteiger partial charge in [-0.2, -0.15) is 0 Å². The number of hydrogen-bond donors (Lipinski definition) is 3. The van der Waals surface area contributed by atoms with Crippen molar-refractivity contribution >= 4 is 40.0 Å². The Hall–Kier alpha value is -1.97. The molecule has 3 rings (SSSR count). The molecule has 198 valence electrons. The van der Waals surface area contributed by atoms with E-state index in [-0.39, 0.29) is 24.7 Å². The number of carbonyl (C=O) groups is 1. The van der Waals surface area contributed by atoms with Gasteiger partial charge in [0.1, 0.15) is 0 Å². The number of piperidine rings is 1. The third-order valence-electron chi connectivity index (χ3n) is 6.63. The zero-order chi connectivity index (χ0) is 26.1. The molecule has 1 atom stereocenters. The minimum absolute atomic E-state index is 0.00291. The molecule has 2 fully saturated rings. The molecule has 10 heteroatoms. The van der Waals surface area contributed by atoms with Gasteiger partial charge in [-0.25, -0.2) is 8.78 Å². The van der Waals surface area contributed by atoms with Crippen LogP contribution in [0.5, 0.6) is 0 Å². The molecule has 36 heavy (non-hydrogen) atoms. The van der Waals surface area contributed by atoms with Crippen LogP contribution in [0, 0.1) is 5.41 Å². The monoisotopic (exact) mass is 539 g/mol. The summed E-state index contributed by atoms with van der Waals surface area (Å²) in [4.78, 5) is 19.7. The Balaban J connectivity index is 1.73. The van der Waals surface area contributed by atoms with Gasteiger partial charge in [-0.3, -0.25) is 20.1 Å². The molecule has 1 saturated carbocycles.